The van der Waals surface area contributed by atoms with Gasteiger partial charge >= 0.3 is 12.0 Å². The molecule has 1 heterocycles. The van der Waals surface area contributed by atoms with Crippen molar-refractivity contribution in [3.05, 3.63) is 76.0 Å². The van der Waals surface area contributed by atoms with Gasteiger partial charge in [0.1, 0.15) is 12.4 Å². The first kappa shape index (κ1) is 23.4. The van der Waals surface area contributed by atoms with Crippen molar-refractivity contribution in [2.75, 3.05) is 6.61 Å². The summed E-state index contributed by atoms with van der Waals surface area (Å²) in [6.07, 6.45) is 2.45. The fraction of sp³-hybridized carbons (Fsp3) is 0.385. The summed E-state index contributed by atoms with van der Waals surface area (Å²) in [6, 6.07) is 12.9. The van der Waals surface area contributed by atoms with E-state index in [9.17, 15) is 9.59 Å². The molecule has 0 radical (unpaired) electrons. The van der Waals surface area contributed by atoms with Crippen LogP contribution in [0.4, 0.5) is 4.79 Å². The molecule has 2 aromatic rings. The van der Waals surface area contributed by atoms with Crippen LogP contribution in [-0.4, -0.2) is 18.6 Å². The molecule has 0 saturated heterocycles. The van der Waals surface area contributed by atoms with Gasteiger partial charge in [0, 0.05) is 5.70 Å². The topological polar surface area (TPSA) is 76.7 Å². The lowest BCUT2D eigenvalue weighted by Crippen LogP contribution is -2.46. The van der Waals surface area contributed by atoms with Gasteiger partial charge in [0.05, 0.1) is 18.2 Å². The minimum absolute atomic E-state index is 0.273. The largest absolute Gasteiger partial charge is 0.489 e. The SMILES string of the molecule is CCCCC1=C(C(=O)OCC)C(c2ccc(OCc3cc(C)ccc3C)cc2)NC(=O)N1. The summed E-state index contributed by atoms with van der Waals surface area (Å²) in [4.78, 5) is 25.1. The third-order valence-electron chi connectivity index (χ3n) is 5.54. The van der Waals surface area contributed by atoms with Crippen LogP contribution in [0.1, 0.15) is 61.4 Å². The van der Waals surface area contributed by atoms with Crippen molar-refractivity contribution in [2.45, 2.75) is 59.6 Å². The first-order valence-corrected chi connectivity index (χ1v) is 11.2. The highest BCUT2D eigenvalue weighted by atomic mass is 16.5. The molecule has 2 amide bonds. The molecule has 32 heavy (non-hydrogen) atoms. The number of hydrogen-bond acceptors (Lipinski definition) is 4. The zero-order valence-corrected chi connectivity index (χ0v) is 19.3. The number of ether oxygens (including phenoxy) is 2. The van der Waals surface area contributed by atoms with Crippen LogP contribution in [0.3, 0.4) is 0 Å². The number of benzene rings is 2. The quantitative estimate of drug-likeness (QED) is 0.527. The lowest BCUT2D eigenvalue weighted by Gasteiger charge is -2.29. The minimum atomic E-state index is -0.567. The number of carbonyl (C=O) groups is 2. The van der Waals surface area contributed by atoms with Crippen molar-refractivity contribution in [2.24, 2.45) is 0 Å². The molecule has 0 aliphatic carbocycles. The molecular weight excluding hydrogens is 404 g/mol. The number of unbranched alkanes of at least 4 members (excludes halogenated alkanes) is 1. The maximum atomic E-state index is 12.8. The van der Waals surface area contributed by atoms with Crippen LogP contribution >= 0.6 is 0 Å². The van der Waals surface area contributed by atoms with E-state index in [0.29, 0.717) is 24.3 Å². The lowest BCUT2D eigenvalue weighted by atomic mass is 9.93. The summed E-state index contributed by atoms with van der Waals surface area (Å²) in [5.74, 6) is 0.314. The Morgan fingerprint density at radius 1 is 1.06 bits per heavy atom. The van der Waals surface area contributed by atoms with Crippen LogP contribution < -0.4 is 15.4 Å². The van der Waals surface area contributed by atoms with Gasteiger partial charge in [-0.1, -0.05) is 49.2 Å². The molecule has 1 aliphatic heterocycles. The molecule has 1 aliphatic rings. The van der Waals surface area contributed by atoms with Gasteiger partial charge in [-0.3, -0.25) is 0 Å². The number of rotatable bonds is 9. The number of urea groups is 1. The Hall–Kier alpha value is -3.28. The molecule has 0 aromatic heterocycles. The molecule has 6 heteroatoms. The Morgan fingerprint density at radius 2 is 1.81 bits per heavy atom. The molecule has 2 aromatic carbocycles. The van der Waals surface area contributed by atoms with Gasteiger partial charge in [0.25, 0.3) is 0 Å². The number of nitrogens with one attached hydrogen (secondary N) is 2. The second-order valence-corrected chi connectivity index (χ2v) is 8.04. The Bertz CT molecular complexity index is 995. The monoisotopic (exact) mass is 436 g/mol. The summed E-state index contributed by atoms with van der Waals surface area (Å²) in [6.45, 7) is 8.73. The summed E-state index contributed by atoms with van der Waals surface area (Å²) >= 11 is 0. The third-order valence-corrected chi connectivity index (χ3v) is 5.54. The van der Waals surface area contributed by atoms with Crippen molar-refractivity contribution in [3.8, 4) is 5.75 Å². The molecule has 170 valence electrons. The fourth-order valence-corrected chi connectivity index (χ4v) is 3.74. The third kappa shape index (κ3) is 5.69. The maximum absolute atomic E-state index is 12.8. The molecule has 3 rings (SSSR count). The second-order valence-electron chi connectivity index (χ2n) is 8.04. The highest BCUT2D eigenvalue weighted by Gasteiger charge is 2.33. The molecule has 2 N–H and O–H groups in total. The Balaban J connectivity index is 1.82. The highest BCUT2D eigenvalue weighted by molar-refractivity contribution is 5.95. The number of carbonyl (C=O) groups excluding carboxylic acids is 2. The van der Waals surface area contributed by atoms with Crippen molar-refractivity contribution >= 4 is 12.0 Å². The van der Waals surface area contributed by atoms with Gasteiger partial charge in [-0.05, 0) is 62.4 Å². The average molecular weight is 437 g/mol. The average Bonchev–Trinajstić information content (AvgIpc) is 2.78. The number of esters is 1. The summed E-state index contributed by atoms with van der Waals surface area (Å²) in [5.41, 5.74) is 5.43. The van der Waals surface area contributed by atoms with E-state index in [1.807, 2.05) is 24.3 Å². The molecule has 0 saturated carbocycles. The van der Waals surface area contributed by atoms with Gasteiger partial charge < -0.3 is 20.1 Å². The predicted molar refractivity (Wildman–Crippen MR) is 124 cm³/mol. The smallest absolute Gasteiger partial charge is 0.338 e. The van der Waals surface area contributed by atoms with Crippen LogP contribution in [0.15, 0.2) is 53.7 Å². The van der Waals surface area contributed by atoms with Crippen LogP contribution in [0.2, 0.25) is 0 Å². The number of allylic oxidation sites excluding steroid dienone is 1. The fourth-order valence-electron chi connectivity index (χ4n) is 3.74. The zero-order valence-electron chi connectivity index (χ0n) is 19.3. The van der Waals surface area contributed by atoms with E-state index in [4.69, 9.17) is 9.47 Å². The Kier molecular flexibility index (Phi) is 7.92. The van der Waals surface area contributed by atoms with E-state index < -0.39 is 12.0 Å². The van der Waals surface area contributed by atoms with Gasteiger partial charge in [0.2, 0.25) is 0 Å². The van der Waals surface area contributed by atoms with Gasteiger partial charge in [-0.25, -0.2) is 9.59 Å². The van der Waals surface area contributed by atoms with E-state index in [2.05, 4.69) is 49.6 Å². The van der Waals surface area contributed by atoms with Crippen molar-refractivity contribution in [3.63, 3.8) is 0 Å². The van der Waals surface area contributed by atoms with E-state index in [-0.39, 0.29) is 12.6 Å². The van der Waals surface area contributed by atoms with Gasteiger partial charge in [0.15, 0.2) is 0 Å². The molecule has 1 unspecified atom stereocenters. The number of amides is 2. The summed E-state index contributed by atoms with van der Waals surface area (Å²) < 4.78 is 11.3. The number of hydrogen-bond donors (Lipinski definition) is 2. The summed E-state index contributed by atoms with van der Waals surface area (Å²) in [5, 5.41) is 5.67. The zero-order chi connectivity index (χ0) is 23.1. The highest BCUT2D eigenvalue weighted by Crippen LogP contribution is 2.31. The predicted octanol–water partition coefficient (Wildman–Crippen LogP) is 5.24. The second kappa shape index (κ2) is 10.8. The molecule has 1 atom stereocenters. The van der Waals surface area contributed by atoms with Gasteiger partial charge in [-0.15, -0.1) is 0 Å². The summed E-state index contributed by atoms with van der Waals surface area (Å²) in [7, 11) is 0. The molecule has 0 fully saturated rings. The Morgan fingerprint density at radius 3 is 2.50 bits per heavy atom. The van der Waals surface area contributed by atoms with Crippen LogP contribution in [0.25, 0.3) is 0 Å². The lowest BCUT2D eigenvalue weighted by molar-refractivity contribution is -0.139. The van der Waals surface area contributed by atoms with E-state index in [0.717, 1.165) is 29.7 Å². The molecule has 0 spiro atoms. The van der Waals surface area contributed by atoms with E-state index in [1.165, 1.54) is 11.1 Å². The molecular formula is C26H32N2O4. The minimum Gasteiger partial charge on any atom is -0.489 e. The van der Waals surface area contributed by atoms with Crippen molar-refractivity contribution in [1.29, 1.82) is 0 Å². The maximum Gasteiger partial charge on any atom is 0.338 e. The number of aryl methyl sites for hydroxylation is 2. The van der Waals surface area contributed by atoms with Crippen LogP contribution in [0, 0.1) is 13.8 Å². The van der Waals surface area contributed by atoms with Gasteiger partial charge in [-0.2, -0.15) is 0 Å². The van der Waals surface area contributed by atoms with E-state index in [1.54, 1.807) is 6.92 Å². The molecule has 6 nitrogen and oxygen atoms in total. The van der Waals surface area contributed by atoms with Crippen molar-refractivity contribution in [1.82, 2.24) is 10.6 Å². The standard InChI is InChI=1S/C26H32N2O4/c1-5-7-8-22-23(25(29)31-6-2)24(28-26(30)27-22)19-11-13-21(14-12-19)32-16-20-15-17(3)9-10-18(20)4/h9-15,24H,5-8,16H2,1-4H3,(H2,27,28,30). The molecule has 0 bridgehead atoms. The normalized spacial score (nSPS) is 15.8. The van der Waals surface area contributed by atoms with E-state index >= 15 is 0 Å². The first-order chi connectivity index (χ1) is 15.4. The Labute approximate surface area is 190 Å². The first-order valence-electron chi connectivity index (χ1n) is 11.2. The van der Waals surface area contributed by atoms with Crippen molar-refractivity contribution < 1.29 is 19.1 Å². The van der Waals surface area contributed by atoms with Crippen LogP contribution in [-0.2, 0) is 16.1 Å². The van der Waals surface area contributed by atoms with Crippen LogP contribution in [0.5, 0.6) is 5.75 Å².